The van der Waals surface area contributed by atoms with Crippen molar-refractivity contribution >= 4 is 22.8 Å². The number of nitrogens with one attached hydrogen (secondary N) is 1. The first-order chi connectivity index (χ1) is 8.24. The van der Waals surface area contributed by atoms with Gasteiger partial charge in [-0.1, -0.05) is 0 Å². The van der Waals surface area contributed by atoms with Gasteiger partial charge in [0.2, 0.25) is 5.95 Å². The second-order valence-electron chi connectivity index (χ2n) is 4.33. The molecule has 1 saturated heterocycles. The molecule has 0 saturated carbocycles. The van der Waals surface area contributed by atoms with Crippen molar-refractivity contribution in [1.82, 2.24) is 25.1 Å². The van der Waals surface area contributed by atoms with Crippen LogP contribution in [0.4, 0.5) is 11.8 Å². The van der Waals surface area contributed by atoms with Crippen molar-refractivity contribution in [2.75, 3.05) is 43.9 Å². The van der Waals surface area contributed by atoms with Gasteiger partial charge in [0.1, 0.15) is 5.82 Å². The van der Waals surface area contributed by atoms with E-state index in [2.05, 4.69) is 37.0 Å². The van der Waals surface area contributed by atoms with Gasteiger partial charge in [-0.25, -0.2) is 0 Å². The predicted molar refractivity (Wildman–Crippen MR) is 65.8 cm³/mol. The first kappa shape index (κ1) is 10.3. The van der Waals surface area contributed by atoms with Crippen LogP contribution in [0.1, 0.15) is 0 Å². The van der Waals surface area contributed by atoms with Crippen LogP contribution in [-0.4, -0.2) is 58.3 Å². The minimum atomic E-state index is 0.484. The van der Waals surface area contributed by atoms with E-state index in [4.69, 9.17) is 5.73 Å². The Labute approximate surface area is 98.6 Å². The van der Waals surface area contributed by atoms with E-state index in [1.165, 1.54) is 0 Å². The number of anilines is 2. The molecule has 7 heteroatoms. The third-order valence-electron chi connectivity index (χ3n) is 3.11. The van der Waals surface area contributed by atoms with Crippen LogP contribution in [-0.2, 0) is 0 Å². The third-order valence-corrected chi connectivity index (χ3v) is 3.11. The van der Waals surface area contributed by atoms with E-state index >= 15 is 0 Å². The van der Waals surface area contributed by atoms with Gasteiger partial charge in [-0.2, -0.15) is 15.1 Å². The fourth-order valence-electron chi connectivity index (χ4n) is 1.99. The molecule has 0 radical (unpaired) electrons. The highest BCUT2D eigenvalue weighted by Crippen LogP contribution is 2.19. The largest absolute Gasteiger partial charge is 0.383 e. The van der Waals surface area contributed by atoms with Crippen LogP contribution in [0, 0.1) is 0 Å². The highest BCUT2D eigenvalue weighted by molar-refractivity contribution is 5.85. The Morgan fingerprint density at radius 3 is 2.76 bits per heavy atom. The summed E-state index contributed by atoms with van der Waals surface area (Å²) in [7, 11) is 2.12. The fourth-order valence-corrected chi connectivity index (χ4v) is 1.99. The lowest BCUT2D eigenvalue weighted by molar-refractivity contribution is 0.311. The second-order valence-corrected chi connectivity index (χ2v) is 4.33. The molecule has 3 N–H and O–H groups in total. The minimum absolute atomic E-state index is 0.484. The molecule has 0 spiro atoms. The van der Waals surface area contributed by atoms with Crippen LogP contribution in [0.3, 0.4) is 0 Å². The summed E-state index contributed by atoms with van der Waals surface area (Å²) in [5.74, 6) is 1.17. The van der Waals surface area contributed by atoms with Gasteiger partial charge < -0.3 is 15.5 Å². The molecule has 0 amide bonds. The average molecular weight is 233 g/mol. The highest BCUT2D eigenvalue weighted by atomic mass is 15.3. The molecule has 7 nitrogen and oxygen atoms in total. The van der Waals surface area contributed by atoms with Crippen LogP contribution in [0.5, 0.6) is 0 Å². The molecule has 17 heavy (non-hydrogen) atoms. The van der Waals surface area contributed by atoms with Crippen molar-refractivity contribution in [2.45, 2.75) is 0 Å². The molecule has 2 aromatic rings. The summed E-state index contributed by atoms with van der Waals surface area (Å²) in [6, 6.07) is 0. The average Bonchev–Trinajstić information content (AvgIpc) is 2.78. The number of nitrogens with zero attached hydrogens (tertiary/aromatic N) is 5. The fraction of sp³-hybridized carbons (Fsp3) is 0.500. The Kier molecular flexibility index (Phi) is 2.32. The Hall–Kier alpha value is -1.89. The van der Waals surface area contributed by atoms with Gasteiger partial charge in [0, 0.05) is 26.2 Å². The van der Waals surface area contributed by atoms with Gasteiger partial charge in [-0.05, 0) is 7.05 Å². The van der Waals surface area contributed by atoms with E-state index in [-0.39, 0.29) is 0 Å². The van der Waals surface area contributed by atoms with Crippen molar-refractivity contribution in [3.63, 3.8) is 0 Å². The van der Waals surface area contributed by atoms with Gasteiger partial charge in [0.25, 0.3) is 0 Å². The number of hydrogen-bond donors (Lipinski definition) is 2. The van der Waals surface area contributed by atoms with Crippen molar-refractivity contribution in [3.05, 3.63) is 6.20 Å². The molecule has 0 atom stereocenters. The van der Waals surface area contributed by atoms with Gasteiger partial charge in [-0.3, -0.25) is 5.10 Å². The van der Waals surface area contributed by atoms with Crippen LogP contribution in [0.25, 0.3) is 11.0 Å². The molecular formula is C10H15N7. The third kappa shape index (κ3) is 1.78. The topological polar surface area (TPSA) is 87.0 Å². The van der Waals surface area contributed by atoms with E-state index in [9.17, 15) is 0 Å². The lowest BCUT2D eigenvalue weighted by Gasteiger charge is -2.32. The molecule has 1 aliphatic rings. The monoisotopic (exact) mass is 233 g/mol. The molecule has 0 aromatic carbocycles. The number of piperazine rings is 1. The maximum Gasteiger partial charge on any atom is 0.229 e. The summed E-state index contributed by atoms with van der Waals surface area (Å²) in [5.41, 5.74) is 6.59. The standard InChI is InChI=1S/C10H15N7/c1-16-2-4-17(5-3-16)10-13-8(11)7-6-12-15-9(7)14-10/h6H,2-5H2,1H3,(H3,11,12,13,14,15). The number of fused-ring (bicyclic) bond motifs is 1. The Bertz CT molecular complexity index is 526. The Morgan fingerprint density at radius 1 is 1.24 bits per heavy atom. The molecule has 3 rings (SSSR count). The van der Waals surface area contributed by atoms with Crippen molar-refractivity contribution in [2.24, 2.45) is 0 Å². The highest BCUT2D eigenvalue weighted by Gasteiger charge is 2.18. The number of aromatic amines is 1. The van der Waals surface area contributed by atoms with Gasteiger partial charge >= 0.3 is 0 Å². The normalized spacial score (nSPS) is 17.8. The van der Waals surface area contributed by atoms with Crippen LogP contribution < -0.4 is 10.6 Å². The lowest BCUT2D eigenvalue weighted by atomic mass is 10.3. The van der Waals surface area contributed by atoms with Gasteiger partial charge in [-0.15, -0.1) is 0 Å². The predicted octanol–water partition coefficient (Wildman–Crippen LogP) is -0.313. The first-order valence-corrected chi connectivity index (χ1v) is 5.64. The molecule has 0 bridgehead atoms. The summed E-state index contributed by atoms with van der Waals surface area (Å²) in [6.45, 7) is 3.89. The van der Waals surface area contributed by atoms with E-state index in [0.29, 0.717) is 17.4 Å². The second kappa shape index (κ2) is 3.85. The minimum Gasteiger partial charge on any atom is -0.383 e. The summed E-state index contributed by atoms with van der Waals surface area (Å²) >= 11 is 0. The smallest absolute Gasteiger partial charge is 0.229 e. The maximum absolute atomic E-state index is 5.89. The molecule has 90 valence electrons. The van der Waals surface area contributed by atoms with E-state index in [1.807, 2.05) is 0 Å². The summed E-state index contributed by atoms with van der Waals surface area (Å²) < 4.78 is 0. The molecule has 2 aromatic heterocycles. The maximum atomic E-state index is 5.89. The first-order valence-electron chi connectivity index (χ1n) is 5.64. The molecular weight excluding hydrogens is 218 g/mol. The zero-order chi connectivity index (χ0) is 11.8. The van der Waals surface area contributed by atoms with Crippen molar-refractivity contribution in [3.8, 4) is 0 Å². The van der Waals surface area contributed by atoms with Crippen LogP contribution in [0.15, 0.2) is 6.20 Å². The number of rotatable bonds is 1. The number of likely N-dealkylation sites (N-methyl/N-ethyl adjacent to an activating group) is 1. The number of nitrogen functional groups attached to an aromatic ring is 1. The summed E-state index contributed by atoms with van der Waals surface area (Å²) in [6.07, 6.45) is 1.65. The van der Waals surface area contributed by atoms with Crippen LogP contribution >= 0.6 is 0 Å². The zero-order valence-electron chi connectivity index (χ0n) is 9.72. The molecule has 1 aliphatic heterocycles. The van der Waals surface area contributed by atoms with Gasteiger partial charge in [0.05, 0.1) is 11.6 Å². The van der Waals surface area contributed by atoms with Crippen LogP contribution in [0.2, 0.25) is 0 Å². The van der Waals surface area contributed by atoms with E-state index < -0.39 is 0 Å². The quantitative estimate of drug-likeness (QED) is 0.702. The molecule has 0 unspecified atom stereocenters. The summed E-state index contributed by atoms with van der Waals surface area (Å²) in [5, 5.41) is 7.54. The number of H-pyrrole nitrogens is 1. The Balaban J connectivity index is 1.94. The molecule has 3 heterocycles. The molecule has 1 fully saturated rings. The van der Waals surface area contributed by atoms with Crippen molar-refractivity contribution in [1.29, 1.82) is 0 Å². The van der Waals surface area contributed by atoms with Crippen molar-refractivity contribution < 1.29 is 0 Å². The number of aromatic nitrogens is 4. The number of nitrogens with two attached hydrogens (primary N) is 1. The Morgan fingerprint density at radius 2 is 2.00 bits per heavy atom. The number of hydrogen-bond acceptors (Lipinski definition) is 6. The zero-order valence-corrected chi connectivity index (χ0v) is 9.72. The lowest BCUT2D eigenvalue weighted by Crippen LogP contribution is -2.45. The van der Waals surface area contributed by atoms with E-state index in [1.54, 1.807) is 6.20 Å². The summed E-state index contributed by atoms with van der Waals surface area (Å²) in [4.78, 5) is 13.2. The molecule has 0 aliphatic carbocycles. The van der Waals surface area contributed by atoms with Gasteiger partial charge in [0.15, 0.2) is 5.65 Å². The SMILES string of the molecule is CN1CCN(c2nc(N)c3cn[nH]c3n2)CC1. The van der Waals surface area contributed by atoms with E-state index in [0.717, 1.165) is 31.6 Å².